The van der Waals surface area contributed by atoms with Crippen LogP contribution < -0.4 is 14.4 Å². The number of sulfonamides is 1. The molecule has 1 amide bonds. The number of ether oxygens (including phenoxy) is 1. The van der Waals surface area contributed by atoms with Gasteiger partial charge in [0.2, 0.25) is 15.9 Å². The first-order valence-electron chi connectivity index (χ1n) is 8.78. The van der Waals surface area contributed by atoms with Crippen molar-refractivity contribution in [3.63, 3.8) is 0 Å². The van der Waals surface area contributed by atoms with Crippen molar-refractivity contribution in [2.75, 3.05) is 17.2 Å². The molecule has 6 nitrogen and oxygen atoms in total. The first-order valence-corrected chi connectivity index (χ1v) is 10.6. The minimum atomic E-state index is -3.62. The molecule has 1 atom stereocenters. The highest BCUT2D eigenvalue weighted by Crippen LogP contribution is 2.22. The number of aryl methyl sites for hydroxylation is 1. The molecule has 0 saturated carbocycles. The highest BCUT2D eigenvalue weighted by Gasteiger charge is 2.28. The van der Waals surface area contributed by atoms with Gasteiger partial charge in [0.1, 0.15) is 11.8 Å². The highest BCUT2D eigenvalue weighted by atomic mass is 32.2. The Bertz CT molecular complexity index is 879. The number of hydrogen-bond acceptors (Lipinski definition) is 4. The van der Waals surface area contributed by atoms with Crippen molar-refractivity contribution >= 4 is 21.6 Å². The molecule has 0 spiro atoms. The molecule has 27 heavy (non-hydrogen) atoms. The molecule has 2 aromatic carbocycles. The summed E-state index contributed by atoms with van der Waals surface area (Å²) in [6, 6.07) is 13.6. The summed E-state index contributed by atoms with van der Waals surface area (Å²) in [4.78, 5) is 12.6. The Labute approximate surface area is 161 Å². The Morgan fingerprint density at radius 3 is 2.41 bits per heavy atom. The molecule has 0 bridgehead atoms. The fourth-order valence-corrected chi connectivity index (χ4v) is 3.95. The summed E-state index contributed by atoms with van der Waals surface area (Å²) < 4.78 is 31.1. The summed E-state index contributed by atoms with van der Waals surface area (Å²) in [5.74, 6) is 0.402. The van der Waals surface area contributed by atoms with Gasteiger partial charge < -0.3 is 10.1 Å². The van der Waals surface area contributed by atoms with E-state index in [1.807, 2.05) is 44.2 Å². The number of hydrogen-bond donors (Lipinski definition) is 1. The first-order chi connectivity index (χ1) is 12.7. The van der Waals surface area contributed by atoms with Crippen molar-refractivity contribution in [3.8, 4) is 5.75 Å². The molecule has 0 fully saturated rings. The van der Waals surface area contributed by atoms with Gasteiger partial charge in [-0.05, 0) is 56.2 Å². The maximum Gasteiger partial charge on any atom is 0.243 e. The summed E-state index contributed by atoms with van der Waals surface area (Å²) in [6.45, 7) is 6.27. The third kappa shape index (κ3) is 5.72. The number of nitrogens with zero attached hydrogens (tertiary/aromatic N) is 1. The molecule has 0 heterocycles. The van der Waals surface area contributed by atoms with E-state index in [4.69, 9.17) is 4.74 Å². The van der Waals surface area contributed by atoms with Crippen LogP contribution >= 0.6 is 0 Å². The van der Waals surface area contributed by atoms with E-state index in [-0.39, 0.29) is 5.91 Å². The monoisotopic (exact) mass is 390 g/mol. The lowest BCUT2D eigenvalue weighted by atomic mass is 10.2. The molecule has 7 heteroatoms. The van der Waals surface area contributed by atoms with Crippen molar-refractivity contribution < 1.29 is 17.9 Å². The number of carbonyl (C=O) groups excluding carboxylic acids is 1. The van der Waals surface area contributed by atoms with E-state index in [2.05, 4.69) is 5.32 Å². The second kappa shape index (κ2) is 8.90. The van der Waals surface area contributed by atoms with Gasteiger partial charge in [-0.2, -0.15) is 0 Å². The summed E-state index contributed by atoms with van der Waals surface area (Å²) >= 11 is 0. The Hall–Kier alpha value is -2.54. The van der Waals surface area contributed by atoms with Crippen LogP contribution in [0.2, 0.25) is 0 Å². The van der Waals surface area contributed by atoms with Gasteiger partial charge in [0.25, 0.3) is 0 Å². The average Bonchev–Trinajstić information content (AvgIpc) is 2.60. The molecule has 0 aliphatic rings. The van der Waals surface area contributed by atoms with Gasteiger partial charge in [-0.1, -0.05) is 24.3 Å². The van der Waals surface area contributed by atoms with Gasteiger partial charge in [-0.25, -0.2) is 8.42 Å². The second-order valence-corrected chi connectivity index (χ2v) is 8.23. The van der Waals surface area contributed by atoms with Gasteiger partial charge in [0, 0.05) is 6.54 Å². The smallest absolute Gasteiger partial charge is 0.243 e. The van der Waals surface area contributed by atoms with Crippen LogP contribution in [0.1, 0.15) is 25.0 Å². The predicted octanol–water partition coefficient (Wildman–Crippen LogP) is 2.86. The minimum Gasteiger partial charge on any atom is -0.494 e. The Morgan fingerprint density at radius 1 is 1.19 bits per heavy atom. The van der Waals surface area contributed by atoms with Crippen LogP contribution in [0.15, 0.2) is 48.5 Å². The van der Waals surface area contributed by atoms with Gasteiger partial charge in [-0.15, -0.1) is 0 Å². The van der Waals surface area contributed by atoms with Crippen LogP contribution in [0.4, 0.5) is 5.69 Å². The number of nitrogens with one attached hydrogen (secondary N) is 1. The van der Waals surface area contributed by atoms with Crippen LogP contribution in [0, 0.1) is 6.92 Å². The molecule has 146 valence electrons. The number of rotatable bonds is 8. The summed E-state index contributed by atoms with van der Waals surface area (Å²) in [6.07, 6.45) is 1.10. The van der Waals surface area contributed by atoms with E-state index in [9.17, 15) is 13.2 Å². The summed E-state index contributed by atoms with van der Waals surface area (Å²) in [5, 5.41) is 2.80. The maximum atomic E-state index is 12.6. The third-order valence-electron chi connectivity index (χ3n) is 4.05. The fraction of sp³-hybridized carbons (Fsp3) is 0.350. The predicted molar refractivity (Wildman–Crippen MR) is 107 cm³/mol. The number of benzene rings is 2. The SMILES string of the molecule is CCOc1ccc(CNC(=O)[C@H](C)N(c2cccc(C)c2)S(C)(=O)=O)cc1. The van der Waals surface area contributed by atoms with E-state index >= 15 is 0 Å². The summed E-state index contributed by atoms with van der Waals surface area (Å²) in [7, 11) is -3.62. The van der Waals surface area contributed by atoms with Crippen molar-refractivity contribution in [2.24, 2.45) is 0 Å². The van der Waals surface area contributed by atoms with Crippen molar-refractivity contribution in [3.05, 3.63) is 59.7 Å². The maximum absolute atomic E-state index is 12.6. The van der Waals surface area contributed by atoms with Gasteiger partial charge >= 0.3 is 0 Å². The van der Waals surface area contributed by atoms with E-state index in [1.54, 1.807) is 25.1 Å². The highest BCUT2D eigenvalue weighted by molar-refractivity contribution is 7.92. The van der Waals surface area contributed by atoms with Gasteiger partial charge in [0.15, 0.2) is 0 Å². The van der Waals surface area contributed by atoms with Crippen LogP contribution in [-0.2, 0) is 21.4 Å². The van der Waals surface area contributed by atoms with E-state index in [1.165, 1.54) is 0 Å². The largest absolute Gasteiger partial charge is 0.494 e. The van der Waals surface area contributed by atoms with E-state index in [0.717, 1.165) is 27.4 Å². The molecule has 2 aromatic rings. The van der Waals surface area contributed by atoms with E-state index in [0.29, 0.717) is 18.8 Å². The lowest BCUT2D eigenvalue weighted by Gasteiger charge is -2.28. The first kappa shape index (κ1) is 20.8. The molecule has 0 unspecified atom stereocenters. The Kier molecular flexibility index (Phi) is 6.85. The number of carbonyl (C=O) groups is 1. The minimum absolute atomic E-state index is 0.307. The van der Waals surface area contributed by atoms with Gasteiger partial charge in [-0.3, -0.25) is 9.10 Å². The quantitative estimate of drug-likeness (QED) is 0.752. The molecular formula is C20H26N2O4S. The average molecular weight is 391 g/mol. The Balaban J connectivity index is 2.11. The standard InChI is InChI=1S/C20H26N2O4S/c1-5-26-19-11-9-17(10-12-19)14-21-20(23)16(3)22(27(4,24)25)18-8-6-7-15(2)13-18/h6-13,16H,5,14H2,1-4H3,(H,21,23)/t16-/m0/s1. The zero-order valence-corrected chi connectivity index (χ0v) is 16.9. The molecule has 0 aromatic heterocycles. The molecule has 0 saturated heterocycles. The topological polar surface area (TPSA) is 75.7 Å². The molecule has 0 aliphatic carbocycles. The van der Waals surface area contributed by atoms with Crippen LogP contribution in [0.3, 0.4) is 0 Å². The second-order valence-electron chi connectivity index (χ2n) is 6.37. The lowest BCUT2D eigenvalue weighted by molar-refractivity contribution is -0.122. The Morgan fingerprint density at radius 2 is 1.85 bits per heavy atom. The van der Waals surface area contributed by atoms with Crippen LogP contribution in [0.25, 0.3) is 0 Å². The third-order valence-corrected chi connectivity index (χ3v) is 5.29. The van der Waals surface area contributed by atoms with Crippen LogP contribution in [0.5, 0.6) is 5.75 Å². The van der Waals surface area contributed by atoms with Gasteiger partial charge in [0.05, 0.1) is 18.6 Å². The number of anilines is 1. The summed E-state index contributed by atoms with van der Waals surface area (Å²) in [5.41, 5.74) is 2.30. The zero-order valence-electron chi connectivity index (χ0n) is 16.1. The van der Waals surface area contributed by atoms with Crippen LogP contribution in [-0.4, -0.2) is 33.2 Å². The molecular weight excluding hydrogens is 364 g/mol. The molecule has 0 aliphatic heterocycles. The normalized spacial score (nSPS) is 12.3. The zero-order chi connectivity index (χ0) is 20.0. The molecule has 1 N–H and O–H groups in total. The lowest BCUT2D eigenvalue weighted by Crippen LogP contribution is -2.47. The number of amides is 1. The van der Waals surface area contributed by atoms with E-state index < -0.39 is 16.1 Å². The van der Waals surface area contributed by atoms with Crippen molar-refractivity contribution in [1.29, 1.82) is 0 Å². The molecule has 2 rings (SSSR count). The molecule has 0 radical (unpaired) electrons. The van der Waals surface area contributed by atoms with Crippen molar-refractivity contribution in [1.82, 2.24) is 5.32 Å². The fourth-order valence-electron chi connectivity index (χ4n) is 2.78. The van der Waals surface area contributed by atoms with Crippen molar-refractivity contribution in [2.45, 2.75) is 33.4 Å².